The smallest absolute Gasteiger partial charge is 0.278 e. The molecule has 4 aromatic heterocycles. The van der Waals surface area contributed by atoms with Gasteiger partial charge in [0.15, 0.2) is 0 Å². The van der Waals surface area contributed by atoms with Crippen LogP contribution in [0, 0.1) is 6.92 Å². The van der Waals surface area contributed by atoms with E-state index in [2.05, 4.69) is 5.32 Å². The number of carbonyl (C=O) groups excluding carboxylic acids is 1. The van der Waals surface area contributed by atoms with E-state index in [4.69, 9.17) is 15.1 Å². The van der Waals surface area contributed by atoms with Crippen molar-refractivity contribution in [3.8, 4) is 0 Å². The van der Waals surface area contributed by atoms with Crippen LogP contribution in [0.3, 0.4) is 0 Å². The fraction of sp³-hybridized carbons (Fsp3) is 0.304. The van der Waals surface area contributed by atoms with Crippen LogP contribution in [-0.4, -0.2) is 15.3 Å². The van der Waals surface area contributed by atoms with Crippen LogP contribution in [0.25, 0.3) is 16.7 Å². The van der Waals surface area contributed by atoms with Gasteiger partial charge in [0.05, 0.1) is 18.8 Å². The molecule has 1 aliphatic carbocycles. The van der Waals surface area contributed by atoms with Crippen LogP contribution in [0.15, 0.2) is 52.0 Å². The van der Waals surface area contributed by atoms with E-state index >= 15 is 0 Å². The molecule has 4 aromatic rings. The molecule has 1 saturated carbocycles. The van der Waals surface area contributed by atoms with E-state index < -0.39 is 0 Å². The minimum absolute atomic E-state index is 0.110. The van der Waals surface area contributed by atoms with Crippen LogP contribution in [0.5, 0.6) is 0 Å². The number of fused-ring (bicyclic) bond motifs is 2. The van der Waals surface area contributed by atoms with Crippen molar-refractivity contribution in [1.82, 2.24) is 14.7 Å². The lowest BCUT2D eigenvalue weighted by molar-refractivity contribution is -0.685. The molecule has 0 unspecified atom stereocenters. The predicted octanol–water partition coefficient (Wildman–Crippen LogP) is 2.66. The summed E-state index contributed by atoms with van der Waals surface area (Å²) < 4.78 is 8.72. The van der Waals surface area contributed by atoms with Crippen LogP contribution < -0.4 is 21.2 Å². The highest BCUT2D eigenvalue weighted by Gasteiger charge is 2.30. The van der Waals surface area contributed by atoms with Gasteiger partial charge in [0.2, 0.25) is 11.5 Å². The molecule has 0 spiro atoms. The lowest BCUT2D eigenvalue weighted by Gasteiger charge is -2.16. The number of nitrogens with two attached hydrogens (primary N) is 1. The summed E-state index contributed by atoms with van der Waals surface area (Å²) in [6, 6.07) is 8.97. The molecule has 158 valence electrons. The molecule has 0 atom stereocenters. The Bertz CT molecular complexity index is 1350. The van der Waals surface area contributed by atoms with Crippen molar-refractivity contribution < 1.29 is 13.8 Å². The van der Waals surface area contributed by atoms with Crippen molar-refractivity contribution in [2.45, 2.75) is 45.2 Å². The Labute approximate surface area is 178 Å². The fourth-order valence-corrected chi connectivity index (χ4v) is 4.46. The van der Waals surface area contributed by atoms with Gasteiger partial charge in [0, 0.05) is 11.8 Å². The molecule has 0 aliphatic heterocycles. The highest BCUT2D eigenvalue weighted by molar-refractivity contribution is 6.00. The van der Waals surface area contributed by atoms with Gasteiger partial charge in [-0.15, -0.1) is 0 Å². The Hall–Kier alpha value is -3.68. The first-order valence-corrected chi connectivity index (χ1v) is 10.5. The van der Waals surface area contributed by atoms with Gasteiger partial charge < -0.3 is 15.5 Å². The Morgan fingerprint density at radius 1 is 1.32 bits per heavy atom. The van der Waals surface area contributed by atoms with Crippen molar-refractivity contribution in [3.63, 3.8) is 0 Å². The van der Waals surface area contributed by atoms with Crippen LogP contribution in [0.1, 0.15) is 53.4 Å². The molecule has 8 nitrogen and oxygen atoms in total. The summed E-state index contributed by atoms with van der Waals surface area (Å²) in [5.41, 5.74) is 8.64. The van der Waals surface area contributed by atoms with E-state index in [9.17, 15) is 9.59 Å². The van der Waals surface area contributed by atoms with E-state index in [1.54, 1.807) is 30.7 Å². The molecule has 0 saturated heterocycles. The lowest BCUT2D eigenvalue weighted by atomic mass is 10.1. The zero-order chi connectivity index (χ0) is 21.5. The standard InChI is InChI=1S/C23H23N5O3/c1-14-6-4-10-27-20(14)26-21-18(23(27)30)12-17(19(24)28(21)15-7-2-3-8-15)22(29)25-13-16-9-5-11-31-16/h4-6,9-12,15,24H,2-3,7-8,13H2,1H3,(H,25,29)/p+1. The third-order valence-electron chi connectivity index (χ3n) is 6.05. The second-order valence-corrected chi connectivity index (χ2v) is 8.05. The van der Waals surface area contributed by atoms with Gasteiger partial charge in [-0.1, -0.05) is 11.1 Å². The third kappa shape index (κ3) is 3.24. The van der Waals surface area contributed by atoms with Gasteiger partial charge in [-0.2, -0.15) is 0 Å². The number of amides is 1. The van der Waals surface area contributed by atoms with E-state index in [1.807, 2.05) is 23.6 Å². The molecule has 3 N–H and O–H groups in total. The molecule has 4 heterocycles. The number of nitrogen functional groups attached to an aromatic ring is 1. The van der Waals surface area contributed by atoms with Crippen molar-refractivity contribution in [1.29, 1.82) is 0 Å². The number of rotatable bonds is 4. The van der Waals surface area contributed by atoms with Crippen LogP contribution in [-0.2, 0) is 6.54 Å². The number of aromatic nitrogens is 3. The van der Waals surface area contributed by atoms with Crippen LogP contribution in [0.2, 0.25) is 0 Å². The molecule has 0 bridgehead atoms. The minimum Gasteiger partial charge on any atom is -0.467 e. The summed E-state index contributed by atoms with van der Waals surface area (Å²) in [6.45, 7) is 2.16. The summed E-state index contributed by atoms with van der Waals surface area (Å²) in [6.07, 6.45) is 7.30. The largest absolute Gasteiger partial charge is 0.467 e. The normalized spacial score (nSPS) is 14.5. The molecule has 8 heteroatoms. The van der Waals surface area contributed by atoms with Crippen LogP contribution >= 0.6 is 0 Å². The van der Waals surface area contributed by atoms with Crippen molar-refractivity contribution in [2.75, 3.05) is 5.73 Å². The highest BCUT2D eigenvalue weighted by Crippen LogP contribution is 2.28. The minimum atomic E-state index is -0.351. The Kier molecular flexibility index (Phi) is 4.69. The number of anilines is 1. The first-order chi connectivity index (χ1) is 15.0. The van der Waals surface area contributed by atoms with Gasteiger partial charge >= 0.3 is 0 Å². The number of furan rings is 1. The highest BCUT2D eigenvalue weighted by atomic mass is 16.3. The molecular formula is C23H24N5O3+. The monoisotopic (exact) mass is 418 g/mol. The lowest BCUT2D eigenvalue weighted by Crippen LogP contribution is -2.45. The van der Waals surface area contributed by atoms with Gasteiger partial charge in [-0.3, -0.25) is 14.0 Å². The molecule has 5 rings (SSSR count). The van der Waals surface area contributed by atoms with Crippen molar-refractivity contribution in [2.24, 2.45) is 0 Å². The van der Waals surface area contributed by atoms with Gasteiger partial charge in [0.25, 0.3) is 17.1 Å². The topological polar surface area (TPSA) is 107 Å². The van der Waals surface area contributed by atoms with Crippen molar-refractivity contribution in [3.05, 3.63) is 70.0 Å². The second kappa shape index (κ2) is 7.54. The zero-order valence-corrected chi connectivity index (χ0v) is 17.3. The summed E-state index contributed by atoms with van der Waals surface area (Å²) >= 11 is 0. The van der Waals surface area contributed by atoms with Gasteiger partial charge in [-0.05, 0) is 56.9 Å². The average molecular weight is 418 g/mol. The second-order valence-electron chi connectivity index (χ2n) is 8.05. The number of aryl methyl sites for hydroxylation is 1. The molecule has 1 fully saturated rings. The Morgan fingerprint density at radius 3 is 2.87 bits per heavy atom. The first-order valence-electron chi connectivity index (χ1n) is 10.5. The van der Waals surface area contributed by atoms with E-state index in [0.717, 1.165) is 31.2 Å². The Balaban J connectivity index is 1.72. The number of hydrogen-bond acceptors (Lipinski definition) is 5. The number of nitrogens with zero attached hydrogens (tertiary/aromatic N) is 3. The fourth-order valence-electron chi connectivity index (χ4n) is 4.46. The quantitative estimate of drug-likeness (QED) is 0.391. The number of pyridine rings is 2. The zero-order valence-electron chi connectivity index (χ0n) is 17.3. The maximum absolute atomic E-state index is 13.4. The van der Waals surface area contributed by atoms with Gasteiger partial charge in [-0.25, -0.2) is 4.57 Å². The molecule has 1 amide bonds. The number of carbonyl (C=O) groups is 1. The average Bonchev–Trinajstić information content (AvgIpc) is 3.47. The van der Waals surface area contributed by atoms with Crippen molar-refractivity contribution >= 4 is 28.4 Å². The molecule has 1 aliphatic rings. The van der Waals surface area contributed by atoms with E-state index in [-0.39, 0.29) is 29.6 Å². The molecule has 31 heavy (non-hydrogen) atoms. The summed E-state index contributed by atoms with van der Waals surface area (Å²) in [5.74, 6) is 0.622. The summed E-state index contributed by atoms with van der Waals surface area (Å²) in [5, 5.41) is 3.22. The molecular weight excluding hydrogens is 394 g/mol. The van der Waals surface area contributed by atoms with E-state index in [1.165, 1.54) is 4.40 Å². The third-order valence-corrected chi connectivity index (χ3v) is 6.05. The first kappa shape index (κ1) is 19.3. The maximum Gasteiger partial charge on any atom is 0.278 e. The maximum atomic E-state index is 13.4. The SMILES string of the molecule is Cc1cccn2c(=O)c3cc(C(=O)NCc4ccco4)c(N)[n+](C4CCCC4)c3nc12. The summed E-state index contributed by atoms with van der Waals surface area (Å²) in [7, 11) is 0. The van der Waals surface area contributed by atoms with E-state index in [0.29, 0.717) is 28.3 Å². The predicted molar refractivity (Wildman–Crippen MR) is 116 cm³/mol. The summed E-state index contributed by atoms with van der Waals surface area (Å²) in [4.78, 5) is 31.2. The molecule has 0 radical (unpaired) electrons. The number of nitrogens with one attached hydrogen (secondary N) is 1. The molecule has 0 aromatic carbocycles. The van der Waals surface area contributed by atoms with Gasteiger partial charge in [0.1, 0.15) is 16.7 Å². The Morgan fingerprint density at radius 2 is 2.13 bits per heavy atom. The van der Waals surface area contributed by atoms with Crippen LogP contribution in [0.4, 0.5) is 5.82 Å². The number of hydrogen-bond donors (Lipinski definition) is 2.